The van der Waals surface area contributed by atoms with E-state index in [1.54, 1.807) is 6.08 Å². The van der Waals surface area contributed by atoms with Crippen molar-refractivity contribution < 1.29 is 9.90 Å². The molecule has 6 nitrogen and oxygen atoms in total. The molecule has 7 heteroatoms. The van der Waals surface area contributed by atoms with Gasteiger partial charge in [0.05, 0.1) is 13.2 Å². The van der Waals surface area contributed by atoms with Gasteiger partial charge in [-0.2, -0.15) is 10.1 Å². The van der Waals surface area contributed by atoms with Gasteiger partial charge in [-0.25, -0.2) is 10.0 Å². The van der Waals surface area contributed by atoms with E-state index in [2.05, 4.69) is 21.7 Å². The van der Waals surface area contributed by atoms with Crippen LogP contribution < -0.4 is 0 Å². The van der Waals surface area contributed by atoms with Gasteiger partial charge in [0.1, 0.15) is 11.8 Å². The predicted molar refractivity (Wildman–Crippen MR) is 68.3 cm³/mol. The Balaban J connectivity index is 2.17. The summed E-state index contributed by atoms with van der Waals surface area (Å²) >= 11 is 1.35. The van der Waals surface area contributed by atoms with Gasteiger partial charge in [0.2, 0.25) is 0 Å². The van der Waals surface area contributed by atoms with Crippen LogP contribution in [0.25, 0.3) is 0 Å². The molecular weight excluding hydrogens is 240 g/mol. The molecule has 0 fully saturated rings. The molecule has 0 saturated carbocycles. The van der Waals surface area contributed by atoms with Crippen molar-refractivity contribution >= 4 is 34.9 Å². The molecule has 0 bridgehead atoms. The summed E-state index contributed by atoms with van der Waals surface area (Å²) < 4.78 is 0. The molecule has 2 aliphatic heterocycles. The Kier molecular flexibility index (Phi) is 3.70. The van der Waals surface area contributed by atoms with Crippen molar-refractivity contribution in [2.45, 2.75) is 0 Å². The van der Waals surface area contributed by atoms with E-state index < -0.39 is 5.92 Å². The number of β-amino-alcohol motifs (C(OH)–C–C–N with tert-alkyl or cyclic N) is 1. The molecule has 2 heterocycles. The Morgan fingerprint density at radius 3 is 3.12 bits per heavy atom. The number of amidine groups is 2. The zero-order valence-electron chi connectivity index (χ0n) is 9.11. The third kappa shape index (κ3) is 2.45. The molecule has 0 aromatic carbocycles. The summed E-state index contributed by atoms with van der Waals surface area (Å²) in [7, 11) is 0. The Morgan fingerprint density at radius 1 is 1.59 bits per heavy atom. The third-order valence-electron chi connectivity index (χ3n) is 2.22. The van der Waals surface area contributed by atoms with Crippen LogP contribution in [0.4, 0.5) is 0 Å². The lowest BCUT2D eigenvalue weighted by molar-refractivity contribution is -0.118. The van der Waals surface area contributed by atoms with E-state index >= 15 is 0 Å². The van der Waals surface area contributed by atoms with E-state index in [9.17, 15) is 4.79 Å². The number of carbonyl (C=O) groups excluding carboxylic acids is 1. The van der Waals surface area contributed by atoms with Crippen molar-refractivity contribution in [3.05, 3.63) is 12.7 Å². The predicted octanol–water partition coefficient (Wildman–Crippen LogP) is 0.110. The lowest BCUT2D eigenvalue weighted by Gasteiger charge is -2.18. The number of fused-ring (bicyclic) bond motifs is 1. The van der Waals surface area contributed by atoms with E-state index in [1.165, 1.54) is 23.0 Å². The van der Waals surface area contributed by atoms with Crippen molar-refractivity contribution in [3.63, 3.8) is 0 Å². The van der Waals surface area contributed by atoms with Gasteiger partial charge in [0.25, 0.3) is 5.91 Å². The number of aliphatic hydroxyl groups excluding tert-OH is 1. The van der Waals surface area contributed by atoms with E-state index in [-0.39, 0.29) is 12.5 Å². The second kappa shape index (κ2) is 5.24. The second-order valence-electron chi connectivity index (χ2n) is 3.39. The molecule has 0 aliphatic carbocycles. The van der Waals surface area contributed by atoms with Crippen molar-refractivity contribution in [3.8, 4) is 0 Å². The molecule has 90 valence electrons. The van der Waals surface area contributed by atoms with Crippen LogP contribution >= 0.6 is 11.8 Å². The Bertz CT molecular complexity index is 430. The largest absolute Gasteiger partial charge is 0.394 e. The van der Waals surface area contributed by atoms with Gasteiger partial charge in [-0.05, 0) is 0 Å². The summed E-state index contributed by atoms with van der Waals surface area (Å²) in [5, 5.41) is 14.9. The molecule has 1 atom stereocenters. The molecule has 0 aromatic rings. The first-order valence-corrected chi connectivity index (χ1v) is 6.12. The zero-order chi connectivity index (χ0) is 12.3. The quantitative estimate of drug-likeness (QED) is 0.720. The highest BCUT2D eigenvalue weighted by molar-refractivity contribution is 8.14. The van der Waals surface area contributed by atoms with Gasteiger partial charge >= 0.3 is 0 Å². The van der Waals surface area contributed by atoms with Crippen molar-refractivity contribution in [2.75, 3.05) is 18.9 Å². The number of rotatable bonds is 4. The zero-order valence-corrected chi connectivity index (χ0v) is 9.93. The monoisotopic (exact) mass is 252 g/mol. The lowest BCUT2D eigenvalue weighted by Crippen LogP contribution is -2.35. The maximum atomic E-state index is 11.7. The molecule has 0 saturated heterocycles. The second-order valence-corrected chi connectivity index (χ2v) is 4.38. The molecule has 0 aromatic heterocycles. The Morgan fingerprint density at radius 2 is 2.41 bits per heavy atom. The Hall–Kier alpha value is -1.47. The SMILES string of the molecule is C=CCSC1=NC(=O)C2C=NN(CCO)C2=N1. The molecular formula is C10H12N4O2S. The molecule has 2 rings (SSSR count). The molecule has 1 unspecified atom stereocenters. The molecule has 0 radical (unpaired) electrons. The topological polar surface area (TPSA) is 77.6 Å². The smallest absolute Gasteiger partial charge is 0.264 e. The van der Waals surface area contributed by atoms with Crippen LogP contribution in [0.2, 0.25) is 0 Å². The van der Waals surface area contributed by atoms with Gasteiger partial charge in [0.15, 0.2) is 5.17 Å². The van der Waals surface area contributed by atoms with E-state index in [0.717, 1.165) is 0 Å². The first-order valence-electron chi connectivity index (χ1n) is 5.13. The van der Waals surface area contributed by atoms with Gasteiger partial charge in [-0.3, -0.25) is 4.79 Å². The van der Waals surface area contributed by atoms with Crippen molar-refractivity contribution in [1.82, 2.24) is 5.01 Å². The first kappa shape index (κ1) is 12.0. The van der Waals surface area contributed by atoms with E-state index in [0.29, 0.717) is 23.3 Å². The maximum Gasteiger partial charge on any atom is 0.264 e. The highest BCUT2D eigenvalue weighted by atomic mass is 32.2. The van der Waals surface area contributed by atoms with Crippen LogP contribution in [0.1, 0.15) is 0 Å². The van der Waals surface area contributed by atoms with E-state index in [4.69, 9.17) is 5.11 Å². The van der Waals surface area contributed by atoms with Crippen LogP contribution in [0.15, 0.2) is 27.7 Å². The number of nitrogens with zero attached hydrogens (tertiary/aromatic N) is 4. The molecule has 17 heavy (non-hydrogen) atoms. The average Bonchev–Trinajstić information content (AvgIpc) is 2.71. The number of hydrazone groups is 1. The van der Waals surface area contributed by atoms with Gasteiger partial charge in [-0.1, -0.05) is 17.8 Å². The van der Waals surface area contributed by atoms with Gasteiger partial charge in [0, 0.05) is 12.0 Å². The molecule has 1 amide bonds. The third-order valence-corrected chi connectivity index (χ3v) is 3.07. The number of carbonyl (C=O) groups is 1. The standard InChI is InChI=1S/C10H12N4O2S/c1-2-5-17-10-12-8-7(9(16)13-10)6-11-14(8)3-4-15/h2,6-7,15H,1,3-5H2. The summed E-state index contributed by atoms with van der Waals surface area (Å²) in [6.07, 6.45) is 3.23. The number of amides is 1. The van der Waals surface area contributed by atoms with Crippen LogP contribution in [-0.4, -0.2) is 52.1 Å². The number of thioether (sulfide) groups is 1. The summed E-state index contributed by atoms with van der Waals surface area (Å²) in [6, 6.07) is 0. The van der Waals surface area contributed by atoms with Crippen molar-refractivity contribution in [2.24, 2.45) is 21.0 Å². The highest BCUT2D eigenvalue weighted by Crippen LogP contribution is 2.21. The molecule has 0 spiro atoms. The maximum absolute atomic E-state index is 11.7. The van der Waals surface area contributed by atoms with E-state index in [1.807, 2.05) is 0 Å². The fourth-order valence-electron chi connectivity index (χ4n) is 1.49. The normalized spacial score (nSPS) is 22.3. The molecule has 1 N–H and O–H groups in total. The average molecular weight is 252 g/mol. The number of hydrogen-bond acceptors (Lipinski definition) is 6. The summed E-state index contributed by atoms with van der Waals surface area (Å²) in [5.74, 6) is 0.444. The van der Waals surface area contributed by atoms with Gasteiger partial charge < -0.3 is 5.11 Å². The minimum Gasteiger partial charge on any atom is -0.394 e. The minimum atomic E-state index is -0.491. The summed E-state index contributed by atoms with van der Waals surface area (Å²) in [4.78, 5) is 19.9. The van der Waals surface area contributed by atoms with Crippen LogP contribution in [0.3, 0.4) is 0 Å². The minimum absolute atomic E-state index is 0.0381. The first-order chi connectivity index (χ1) is 8.26. The highest BCUT2D eigenvalue weighted by Gasteiger charge is 2.35. The number of aliphatic hydroxyl groups is 1. The van der Waals surface area contributed by atoms with Gasteiger partial charge in [-0.15, -0.1) is 6.58 Å². The summed E-state index contributed by atoms with van der Waals surface area (Å²) in [5.41, 5.74) is 0. The number of aliphatic imine (C=N–C) groups is 2. The van der Waals surface area contributed by atoms with Crippen molar-refractivity contribution in [1.29, 1.82) is 0 Å². The number of hydrogen-bond donors (Lipinski definition) is 1. The van der Waals surface area contributed by atoms with Crippen LogP contribution in [-0.2, 0) is 4.79 Å². The van der Waals surface area contributed by atoms with Crippen LogP contribution in [0.5, 0.6) is 0 Å². The Labute approximate surface area is 103 Å². The fourth-order valence-corrected chi connectivity index (χ4v) is 2.07. The van der Waals surface area contributed by atoms with Crippen LogP contribution in [0, 0.1) is 5.92 Å². The molecule has 2 aliphatic rings. The summed E-state index contributed by atoms with van der Waals surface area (Å²) in [6.45, 7) is 3.89. The lowest BCUT2D eigenvalue weighted by atomic mass is 10.1. The fraction of sp³-hybridized carbons (Fsp3) is 0.400.